The lowest BCUT2D eigenvalue weighted by atomic mass is 10.2. The molecule has 0 aliphatic carbocycles. The fraction of sp³-hybridized carbons (Fsp3) is 0.278. The monoisotopic (exact) mass is 332 g/mol. The van der Waals surface area contributed by atoms with Crippen LogP contribution in [-0.4, -0.2) is 5.52 Å². The number of hydrogen-bond acceptors (Lipinski definition) is 4. The van der Waals surface area contributed by atoms with E-state index >= 15 is 0 Å². The summed E-state index contributed by atoms with van der Waals surface area (Å²) in [7, 11) is -3.84. The van der Waals surface area contributed by atoms with E-state index < -0.39 is 19.0 Å². The molecule has 0 saturated carbocycles. The summed E-state index contributed by atoms with van der Waals surface area (Å²) in [6, 6.07) is 18.6. The molecule has 4 nitrogen and oxygen atoms in total. The van der Waals surface area contributed by atoms with Crippen LogP contribution in [0.4, 0.5) is 0 Å². The number of hydrogen-bond donors (Lipinski definition) is 0. The Bertz CT molecular complexity index is 620. The lowest BCUT2D eigenvalue weighted by Gasteiger charge is -2.19. The van der Waals surface area contributed by atoms with Gasteiger partial charge < -0.3 is 0 Å². The van der Waals surface area contributed by atoms with E-state index in [1.807, 2.05) is 60.7 Å². The van der Waals surface area contributed by atoms with Crippen LogP contribution in [0.15, 0.2) is 60.7 Å². The molecule has 2 aromatic rings. The van der Waals surface area contributed by atoms with Gasteiger partial charge in [0.05, 0.1) is 13.2 Å². The normalized spacial score (nSPS) is 11.6. The molecule has 0 aliphatic rings. The maximum atomic E-state index is 12.9. The topological polar surface area (TPSA) is 52.6 Å². The van der Waals surface area contributed by atoms with E-state index in [2.05, 4.69) is 0 Å². The molecule has 122 valence electrons. The van der Waals surface area contributed by atoms with Crippen LogP contribution in [0, 0.1) is 5.92 Å². The van der Waals surface area contributed by atoms with E-state index in [1.54, 1.807) is 13.8 Å². The highest BCUT2D eigenvalue weighted by Gasteiger charge is 2.36. The first-order chi connectivity index (χ1) is 11.0. The van der Waals surface area contributed by atoms with Gasteiger partial charge in [0.15, 0.2) is 0 Å². The zero-order chi connectivity index (χ0) is 16.7. The predicted molar refractivity (Wildman–Crippen MR) is 89.9 cm³/mol. The molecule has 2 aromatic carbocycles. The molecule has 0 radical (unpaired) electrons. The minimum Gasteiger partial charge on any atom is -0.298 e. The Morgan fingerprint density at radius 3 is 1.61 bits per heavy atom. The van der Waals surface area contributed by atoms with Gasteiger partial charge in [-0.05, 0) is 11.1 Å². The van der Waals surface area contributed by atoms with Crippen LogP contribution in [-0.2, 0) is 31.6 Å². The first-order valence-electron chi connectivity index (χ1n) is 7.52. The second-order valence-electron chi connectivity index (χ2n) is 5.51. The molecule has 0 aromatic heterocycles. The van der Waals surface area contributed by atoms with Crippen LogP contribution in [0.1, 0.15) is 25.0 Å². The molecular weight excluding hydrogens is 311 g/mol. The van der Waals surface area contributed by atoms with E-state index in [0.29, 0.717) is 0 Å². The summed E-state index contributed by atoms with van der Waals surface area (Å²) in [6.45, 7) is 3.52. The molecule has 0 atom stereocenters. The molecule has 0 amide bonds. The summed E-state index contributed by atoms with van der Waals surface area (Å²) in [4.78, 5) is 12.3. The van der Waals surface area contributed by atoms with E-state index in [9.17, 15) is 9.36 Å². The highest BCUT2D eigenvalue weighted by Crippen LogP contribution is 2.52. The molecule has 0 spiro atoms. The molecule has 0 aliphatic heterocycles. The van der Waals surface area contributed by atoms with Gasteiger partial charge in [0, 0.05) is 5.92 Å². The third-order valence-corrected chi connectivity index (χ3v) is 5.25. The average Bonchev–Trinajstić information content (AvgIpc) is 2.59. The highest BCUT2D eigenvalue weighted by molar-refractivity contribution is 7.71. The molecule has 0 heterocycles. The van der Waals surface area contributed by atoms with Crippen molar-refractivity contribution in [3.63, 3.8) is 0 Å². The summed E-state index contributed by atoms with van der Waals surface area (Å²) < 4.78 is 23.8. The van der Waals surface area contributed by atoms with Crippen molar-refractivity contribution in [1.82, 2.24) is 0 Å². The molecule has 0 fully saturated rings. The first-order valence-corrected chi connectivity index (χ1v) is 9.07. The van der Waals surface area contributed by atoms with Crippen molar-refractivity contribution < 1.29 is 18.4 Å². The summed E-state index contributed by atoms with van der Waals surface area (Å²) >= 11 is 0. The molecule has 0 bridgehead atoms. The lowest BCUT2D eigenvalue weighted by molar-refractivity contribution is -0.116. The molecular formula is C18H21O4P. The van der Waals surface area contributed by atoms with Crippen molar-refractivity contribution >= 4 is 13.1 Å². The minimum absolute atomic E-state index is 0.0748. The maximum Gasteiger partial charge on any atom is 0.397 e. The number of carbonyl (C=O) groups is 1. The molecule has 5 heteroatoms. The SMILES string of the molecule is CC(C)C(=O)P(=O)(OCc1ccccc1)OCc1ccccc1. The molecule has 0 N–H and O–H groups in total. The Balaban J connectivity index is 2.09. The summed E-state index contributed by atoms with van der Waals surface area (Å²) in [5, 5.41) is 0. The quantitative estimate of drug-likeness (QED) is 0.652. The van der Waals surface area contributed by atoms with Crippen molar-refractivity contribution in [3.05, 3.63) is 71.8 Å². The fourth-order valence-corrected chi connectivity index (χ4v) is 3.55. The Morgan fingerprint density at radius 2 is 1.26 bits per heavy atom. The fourth-order valence-electron chi connectivity index (χ4n) is 1.95. The van der Waals surface area contributed by atoms with E-state index in [1.165, 1.54) is 0 Å². The average molecular weight is 332 g/mol. The Kier molecular flexibility index (Phi) is 6.28. The molecule has 2 rings (SSSR count). The largest absolute Gasteiger partial charge is 0.397 e. The van der Waals surface area contributed by atoms with Crippen LogP contribution >= 0.6 is 7.60 Å². The predicted octanol–water partition coefficient (Wildman–Crippen LogP) is 4.80. The Hall–Kier alpha value is -1.74. The third-order valence-electron chi connectivity index (χ3n) is 3.25. The Labute approximate surface area is 137 Å². The zero-order valence-electron chi connectivity index (χ0n) is 13.3. The zero-order valence-corrected chi connectivity index (χ0v) is 14.2. The second kappa shape index (κ2) is 8.21. The standard InChI is InChI=1S/C18H21O4P/c1-15(2)18(19)23(20,21-13-16-9-5-3-6-10-16)22-14-17-11-7-4-8-12-17/h3-12,15H,13-14H2,1-2H3. The van der Waals surface area contributed by atoms with Gasteiger partial charge in [-0.15, -0.1) is 0 Å². The molecule has 0 unspecified atom stereocenters. The van der Waals surface area contributed by atoms with Crippen molar-refractivity contribution in [3.8, 4) is 0 Å². The van der Waals surface area contributed by atoms with Gasteiger partial charge in [-0.2, -0.15) is 0 Å². The van der Waals surface area contributed by atoms with Crippen LogP contribution in [0.3, 0.4) is 0 Å². The van der Waals surface area contributed by atoms with Gasteiger partial charge in [-0.1, -0.05) is 74.5 Å². The van der Waals surface area contributed by atoms with Gasteiger partial charge in [0.2, 0.25) is 5.52 Å². The summed E-state index contributed by atoms with van der Waals surface area (Å²) in [5.74, 6) is -0.424. The van der Waals surface area contributed by atoms with E-state index in [4.69, 9.17) is 9.05 Å². The number of carbonyl (C=O) groups excluding carboxylic acids is 1. The second-order valence-corrected chi connectivity index (χ2v) is 7.46. The van der Waals surface area contributed by atoms with Crippen LogP contribution in [0.25, 0.3) is 0 Å². The maximum absolute atomic E-state index is 12.9. The lowest BCUT2D eigenvalue weighted by Crippen LogP contribution is -2.12. The number of rotatable bonds is 8. The van der Waals surface area contributed by atoms with Crippen LogP contribution in [0.5, 0.6) is 0 Å². The van der Waals surface area contributed by atoms with Crippen molar-refractivity contribution in [2.45, 2.75) is 27.1 Å². The third kappa shape index (κ3) is 5.14. The summed E-state index contributed by atoms with van der Waals surface area (Å²) in [5.41, 5.74) is 1.18. The Morgan fingerprint density at radius 1 is 0.870 bits per heavy atom. The number of benzene rings is 2. The van der Waals surface area contributed by atoms with E-state index in [-0.39, 0.29) is 13.2 Å². The van der Waals surface area contributed by atoms with Gasteiger partial charge >= 0.3 is 7.60 Å². The van der Waals surface area contributed by atoms with Crippen molar-refractivity contribution in [2.75, 3.05) is 0 Å². The van der Waals surface area contributed by atoms with Gasteiger partial charge in [-0.3, -0.25) is 18.4 Å². The first kappa shape index (κ1) is 17.6. The smallest absolute Gasteiger partial charge is 0.298 e. The van der Waals surface area contributed by atoms with Gasteiger partial charge in [0.1, 0.15) is 0 Å². The van der Waals surface area contributed by atoms with Gasteiger partial charge in [0.25, 0.3) is 0 Å². The van der Waals surface area contributed by atoms with Crippen LogP contribution < -0.4 is 0 Å². The minimum atomic E-state index is -3.84. The molecule has 23 heavy (non-hydrogen) atoms. The van der Waals surface area contributed by atoms with E-state index in [0.717, 1.165) is 11.1 Å². The summed E-state index contributed by atoms with van der Waals surface area (Å²) in [6.07, 6.45) is 0. The molecule has 0 saturated heterocycles. The van der Waals surface area contributed by atoms with Crippen molar-refractivity contribution in [2.24, 2.45) is 5.92 Å². The highest BCUT2D eigenvalue weighted by atomic mass is 31.2. The van der Waals surface area contributed by atoms with Gasteiger partial charge in [-0.25, -0.2) is 0 Å². The van der Waals surface area contributed by atoms with Crippen LogP contribution in [0.2, 0.25) is 0 Å². The van der Waals surface area contributed by atoms with Crippen molar-refractivity contribution in [1.29, 1.82) is 0 Å².